The van der Waals surface area contributed by atoms with Gasteiger partial charge in [0.1, 0.15) is 12.3 Å². The summed E-state index contributed by atoms with van der Waals surface area (Å²) in [7, 11) is -4.49. The van der Waals surface area contributed by atoms with Gasteiger partial charge in [0.05, 0.1) is 33.4 Å². The van der Waals surface area contributed by atoms with Crippen LogP contribution in [-0.4, -0.2) is 39.6 Å². The molecule has 246 valence electrons. The number of anilines is 1. The highest BCUT2D eigenvalue weighted by atomic mass is 35.5. The molecule has 47 heavy (non-hydrogen) atoms. The van der Waals surface area contributed by atoms with Gasteiger partial charge < -0.3 is 10.1 Å². The maximum absolute atomic E-state index is 13.6. The average molecular weight is 687 g/mol. The molecule has 0 heterocycles. The normalized spacial score (nSPS) is 12.4. The summed E-state index contributed by atoms with van der Waals surface area (Å²) in [5.41, 5.74) is 2.76. The van der Waals surface area contributed by atoms with Crippen LogP contribution in [0.5, 0.6) is 5.75 Å². The van der Waals surface area contributed by atoms with Crippen LogP contribution in [0.15, 0.2) is 107 Å². The van der Waals surface area contributed by atoms with Crippen LogP contribution < -0.4 is 19.8 Å². The third kappa shape index (κ3) is 9.56. The molecule has 4 aromatic carbocycles. The molecule has 0 aliphatic heterocycles. The van der Waals surface area contributed by atoms with E-state index in [1.807, 2.05) is 37.3 Å². The fourth-order valence-electron chi connectivity index (χ4n) is 4.29. The number of nitrogens with one attached hydrogen (secondary N) is 2. The number of aryl methyl sites for hydroxylation is 1. The lowest BCUT2D eigenvalue weighted by Gasteiger charge is -2.25. The van der Waals surface area contributed by atoms with Crippen molar-refractivity contribution in [3.63, 3.8) is 0 Å². The molecule has 0 aromatic heterocycles. The molecule has 2 amide bonds. The molecule has 4 rings (SSSR count). The van der Waals surface area contributed by atoms with Gasteiger partial charge in [-0.2, -0.15) is 18.3 Å². The highest BCUT2D eigenvalue weighted by Gasteiger charge is 2.35. The molecule has 0 fully saturated rings. The van der Waals surface area contributed by atoms with E-state index in [1.165, 1.54) is 30.5 Å². The Bertz CT molecular complexity index is 1840. The number of carbonyl (C=O) groups excluding carboxylic acids is 2. The van der Waals surface area contributed by atoms with Crippen LogP contribution in [0.1, 0.15) is 35.2 Å². The number of sulfonamides is 1. The monoisotopic (exact) mass is 686 g/mol. The SMILES string of the molecule is Cc1ccc(S(=O)(=O)N(CC(=O)N/N=C\c2ccc(OCC(=O)N[C@H](C)c3ccccc3)cc2)c2ccc(Cl)c(C(F)(F)F)c2)cc1. The minimum absolute atomic E-state index is 0.195. The Morgan fingerprint density at radius 1 is 0.957 bits per heavy atom. The highest BCUT2D eigenvalue weighted by molar-refractivity contribution is 7.92. The molecule has 0 unspecified atom stereocenters. The fourth-order valence-corrected chi connectivity index (χ4v) is 5.93. The zero-order valence-electron chi connectivity index (χ0n) is 25.2. The quantitative estimate of drug-likeness (QED) is 0.135. The van der Waals surface area contributed by atoms with Crippen LogP contribution in [0.2, 0.25) is 5.02 Å². The molecule has 0 aliphatic rings. The lowest BCUT2D eigenvalue weighted by atomic mass is 10.1. The van der Waals surface area contributed by atoms with Crippen molar-refractivity contribution in [1.82, 2.24) is 10.7 Å². The van der Waals surface area contributed by atoms with E-state index >= 15 is 0 Å². The standard InChI is InChI=1S/C33H30ClF3N4O5S/c1-22-8-15-28(16-9-22)47(44,45)41(26-12-17-30(34)29(18-26)33(35,36)37)20-31(42)40-38-19-24-10-13-27(14-11-24)46-21-32(43)39-23(2)25-6-4-3-5-7-25/h3-19,23H,20-21H2,1-2H3,(H,39,43)(H,40,42)/b38-19-/t23-/m1/s1. The number of halogens is 4. The second kappa shape index (κ2) is 15.1. The summed E-state index contributed by atoms with van der Waals surface area (Å²) < 4.78 is 73.9. The van der Waals surface area contributed by atoms with Gasteiger partial charge in [-0.3, -0.25) is 13.9 Å². The Kier molecular flexibility index (Phi) is 11.3. The summed E-state index contributed by atoms with van der Waals surface area (Å²) in [4.78, 5) is 24.9. The van der Waals surface area contributed by atoms with Crippen molar-refractivity contribution in [2.75, 3.05) is 17.5 Å². The molecule has 0 saturated heterocycles. The van der Waals surface area contributed by atoms with Crippen LogP contribution in [0.3, 0.4) is 0 Å². The smallest absolute Gasteiger partial charge is 0.417 e. The van der Waals surface area contributed by atoms with Crippen LogP contribution >= 0.6 is 11.6 Å². The third-order valence-corrected chi connectivity index (χ3v) is 8.89. The van der Waals surface area contributed by atoms with E-state index in [-0.39, 0.29) is 23.5 Å². The second-order valence-electron chi connectivity index (χ2n) is 10.3. The van der Waals surface area contributed by atoms with E-state index in [9.17, 15) is 31.2 Å². The van der Waals surface area contributed by atoms with Crippen LogP contribution in [0.4, 0.5) is 18.9 Å². The number of benzene rings is 4. The Morgan fingerprint density at radius 3 is 2.26 bits per heavy atom. The number of carbonyl (C=O) groups is 2. The van der Waals surface area contributed by atoms with Gasteiger partial charge in [-0.25, -0.2) is 13.8 Å². The van der Waals surface area contributed by atoms with Crippen LogP contribution in [0.25, 0.3) is 0 Å². The van der Waals surface area contributed by atoms with Gasteiger partial charge >= 0.3 is 6.18 Å². The number of hydrazone groups is 1. The fraction of sp³-hybridized carbons (Fsp3) is 0.182. The van der Waals surface area contributed by atoms with Gasteiger partial charge in [0.2, 0.25) is 0 Å². The van der Waals surface area contributed by atoms with E-state index < -0.39 is 44.9 Å². The number of hydrogen-bond acceptors (Lipinski definition) is 6. The summed E-state index contributed by atoms with van der Waals surface area (Å²) in [5, 5.41) is 6.06. The molecule has 14 heteroatoms. The molecular weight excluding hydrogens is 657 g/mol. The first kappa shape index (κ1) is 35.0. The van der Waals surface area contributed by atoms with E-state index in [0.717, 1.165) is 23.3 Å². The van der Waals surface area contributed by atoms with Gasteiger partial charge in [0.15, 0.2) is 6.61 Å². The molecule has 0 aliphatic carbocycles. The predicted molar refractivity (Wildman–Crippen MR) is 173 cm³/mol. The van der Waals surface area contributed by atoms with E-state index in [4.69, 9.17) is 16.3 Å². The average Bonchev–Trinajstić information content (AvgIpc) is 3.03. The van der Waals surface area contributed by atoms with Crippen molar-refractivity contribution >= 4 is 45.3 Å². The van der Waals surface area contributed by atoms with Crippen LogP contribution in [-0.2, 0) is 25.8 Å². The molecule has 0 spiro atoms. The van der Waals surface area contributed by atoms with Gasteiger partial charge in [0, 0.05) is 0 Å². The van der Waals surface area contributed by atoms with Gasteiger partial charge in [0.25, 0.3) is 21.8 Å². The zero-order valence-corrected chi connectivity index (χ0v) is 26.7. The molecule has 4 aromatic rings. The number of rotatable bonds is 12. The lowest BCUT2D eigenvalue weighted by Crippen LogP contribution is -2.39. The molecule has 2 N–H and O–H groups in total. The summed E-state index contributed by atoms with van der Waals surface area (Å²) in [6.07, 6.45) is -3.59. The van der Waals surface area contributed by atoms with Crippen molar-refractivity contribution in [3.05, 3.63) is 124 Å². The second-order valence-corrected chi connectivity index (χ2v) is 12.6. The lowest BCUT2D eigenvalue weighted by molar-refractivity contribution is -0.137. The zero-order chi connectivity index (χ0) is 34.2. The van der Waals surface area contributed by atoms with E-state index in [0.29, 0.717) is 21.7 Å². The number of ether oxygens (including phenoxy) is 1. The summed E-state index contributed by atoms with van der Waals surface area (Å²) in [6, 6.07) is 23.9. The van der Waals surface area contributed by atoms with Crippen molar-refractivity contribution in [2.45, 2.75) is 31.0 Å². The van der Waals surface area contributed by atoms with Crippen LogP contribution in [0, 0.1) is 6.92 Å². The molecule has 0 saturated carbocycles. The summed E-state index contributed by atoms with van der Waals surface area (Å²) in [6.45, 7) is 2.51. The Balaban J connectivity index is 1.40. The first-order valence-corrected chi connectivity index (χ1v) is 15.9. The molecule has 9 nitrogen and oxygen atoms in total. The molecular formula is C33H30ClF3N4O5S. The number of alkyl halides is 3. The number of nitrogens with zero attached hydrogens (tertiary/aromatic N) is 2. The van der Waals surface area contributed by atoms with Gasteiger partial charge in [-0.1, -0.05) is 59.6 Å². The molecule has 0 bridgehead atoms. The number of amides is 2. The Hall–Kier alpha value is -4.88. The number of hydrogen-bond donors (Lipinski definition) is 2. The van der Waals surface area contributed by atoms with Crippen molar-refractivity contribution in [1.29, 1.82) is 0 Å². The maximum Gasteiger partial charge on any atom is 0.417 e. The van der Waals surface area contributed by atoms with Crippen molar-refractivity contribution in [2.24, 2.45) is 5.10 Å². The Labute approximate surface area is 275 Å². The third-order valence-electron chi connectivity index (χ3n) is 6.77. The molecule has 1 atom stereocenters. The Morgan fingerprint density at radius 2 is 1.62 bits per heavy atom. The van der Waals surface area contributed by atoms with E-state index in [2.05, 4.69) is 15.8 Å². The summed E-state index contributed by atoms with van der Waals surface area (Å²) >= 11 is 5.73. The van der Waals surface area contributed by atoms with Crippen molar-refractivity contribution in [3.8, 4) is 5.75 Å². The largest absolute Gasteiger partial charge is 0.484 e. The van der Waals surface area contributed by atoms with E-state index in [1.54, 1.807) is 31.2 Å². The van der Waals surface area contributed by atoms with Gasteiger partial charge in [-0.15, -0.1) is 0 Å². The summed E-state index contributed by atoms with van der Waals surface area (Å²) in [5.74, 6) is -0.815. The van der Waals surface area contributed by atoms with Gasteiger partial charge in [-0.05, 0) is 79.6 Å². The van der Waals surface area contributed by atoms with Crippen molar-refractivity contribution < 1.29 is 35.9 Å². The minimum atomic E-state index is -4.87. The maximum atomic E-state index is 13.6. The minimum Gasteiger partial charge on any atom is -0.484 e. The molecule has 0 radical (unpaired) electrons. The highest BCUT2D eigenvalue weighted by Crippen LogP contribution is 2.38. The first-order valence-electron chi connectivity index (χ1n) is 14.1. The predicted octanol–water partition coefficient (Wildman–Crippen LogP) is 6.27. The first-order chi connectivity index (χ1) is 22.2. The topological polar surface area (TPSA) is 117 Å².